The van der Waals surface area contributed by atoms with Crippen LogP contribution in [0.3, 0.4) is 0 Å². The van der Waals surface area contributed by atoms with Gasteiger partial charge in [-0.15, -0.1) is 21.5 Å². The molecule has 0 amide bonds. The van der Waals surface area contributed by atoms with Crippen LogP contribution in [0.15, 0.2) is 76.0 Å². The van der Waals surface area contributed by atoms with Crippen LogP contribution >= 0.6 is 23.1 Å². The first-order chi connectivity index (χ1) is 14.7. The highest BCUT2D eigenvalue weighted by atomic mass is 32.2. The number of hydrogen-bond donors (Lipinski definition) is 1. The molecule has 0 radical (unpaired) electrons. The van der Waals surface area contributed by atoms with Gasteiger partial charge in [-0.25, -0.2) is 4.98 Å². The molecule has 0 spiro atoms. The summed E-state index contributed by atoms with van der Waals surface area (Å²) < 4.78 is 2.69. The van der Waals surface area contributed by atoms with Crippen molar-refractivity contribution < 1.29 is 0 Å². The van der Waals surface area contributed by atoms with Gasteiger partial charge in [-0.1, -0.05) is 53.7 Å². The average Bonchev–Trinajstić information content (AvgIpc) is 3.40. The molecule has 30 heavy (non-hydrogen) atoms. The van der Waals surface area contributed by atoms with Crippen molar-refractivity contribution in [3.63, 3.8) is 0 Å². The summed E-state index contributed by atoms with van der Waals surface area (Å²) in [5, 5.41) is 11.5. The first-order valence-electron chi connectivity index (χ1n) is 9.36. The Bertz CT molecular complexity index is 1390. The number of hydrogen-bond acceptors (Lipinski definition) is 6. The summed E-state index contributed by atoms with van der Waals surface area (Å²) in [5.74, 6) is 1.89. The number of nitrogens with zero attached hydrogens (tertiary/aromatic N) is 4. The second-order valence-corrected chi connectivity index (χ2v) is 8.64. The summed E-state index contributed by atoms with van der Waals surface area (Å²) in [6, 6.07) is 20.1. The van der Waals surface area contributed by atoms with E-state index in [0.29, 0.717) is 16.3 Å². The highest BCUT2D eigenvalue weighted by molar-refractivity contribution is 7.98. The monoisotopic (exact) mass is 431 g/mol. The summed E-state index contributed by atoms with van der Waals surface area (Å²) in [7, 11) is 0. The Morgan fingerprint density at radius 3 is 2.77 bits per heavy atom. The van der Waals surface area contributed by atoms with Crippen LogP contribution in [0.25, 0.3) is 27.3 Å². The topological polar surface area (TPSA) is 76.5 Å². The minimum atomic E-state index is -0.101. The Morgan fingerprint density at radius 2 is 1.93 bits per heavy atom. The summed E-state index contributed by atoms with van der Waals surface area (Å²) in [4.78, 5) is 19.7. The SMILES string of the molecule is Cc1cccc(-c2nnc(SCc3nc4ccsc4c(=O)[nH]3)n2-c2ccccc2)c1. The van der Waals surface area contributed by atoms with Crippen LogP contribution < -0.4 is 5.56 Å². The number of nitrogens with one attached hydrogen (secondary N) is 1. The van der Waals surface area contributed by atoms with E-state index in [4.69, 9.17) is 0 Å². The predicted molar refractivity (Wildman–Crippen MR) is 121 cm³/mol. The normalized spacial score (nSPS) is 11.2. The fourth-order valence-electron chi connectivity index (χ4n) is 3.27. The molecule has 0 saturated carbocycles. The number of aryl methyl sites for hydroxylation is 1. The Kier molecular flexibility index (Phi) is 4.94. The number of fused-ring (bicyclic) bond motifs is 1. The van der Waals surface area contributed by atoms with E-state index in [9.17, 15) is 4.79 Å². The van der Waals surface area contributed by atoms with Crippen LogP contribution in [-0.2, 0) is 5.75 Å². The Morgan fingerprint density at radius 1 is 1.07 bits per heavy atom. The Balaban J connectivity index is 1.54. The van der Waals surface area contributed by atoms with E-state index in [-0.39, 0.29) is 5.56 Å². The lowest BCUT2D eigenvalue weighted by Gasteiger charge is -2.10. The van der Waals surface area contributed by atoms with Crippen molar-refractivity contribution in [3.8, 4) is 17.1 Å². The molecule has 0 unspecified atom stereocenters. The molecule has 2 aromatic carbocycles. The third-order valence-corrected chi connectivity index (χ3v) is 6.47. The molecule has 0 bridgehead atoms. The first-order valence-corrected chi connectivity index (χ1v) is 11.2. The zero-order chi connectivity index (χ0) is 20.5. The number of para-hydroxylation sites is 1. The molecule has 0 saturated heterocycles. The van der Waals surface area contributed by atoms with Gasteiger partial charge in [0, 0.05) is 11.3 Å². The van der Waals surface area contributed by atoms with Crippen LogP contribution in [0, 0.1) is 6.92 Å². The molecular weight excluding hydrogens is 414 g/mol. The average molecular weight is 432 g/mol. The van der Waals surface area contributed by atoms with Crippen LogP contribution in [0.2, 0.25) is 0 Å². The summed E-state index contributed by atoms with van der Waals surface area (Å²) in [5.41, 5.74) is 3.77. The molecule has 0 aliphatic rings. The van der Waals surface area contributed by atoms with Crippen molar-refractivity contribution in [2.45, 2.75) is 17.8 Å². The van der Waals surface area contributed by atoms with Gasteiger partial charge in [0.1, 0.15) is 10.5 Å². The molecule has 5 aromatic rings. The molecular formula is C22H17N5OS2. The van der Waals surface area contributed by atoms with Gasteiger partial charge in [-0.2, -0.15) is 0 Å². The van der Waals surface area contributed by atoms with Gasteiger partial charge in [-0.3, -0.25) is 9.36 Å². The fraction of sp³-hybridized carbons (Fsp3) is 0.0909. The first kappa shape index (κ1) is 18.8. The minimum Gasteiger partial charge on any atom is -0.309 e. The van der Waals surface area contributed by atoms with Gasteiger partial charge in [-0.05, 0) is 36.6 Å². The number of aromatic nitrogens is 5. The summed E-state index contributed by atoms with van der Waals surface area (Å²) >= 11 is 2.89. The van der Waals surface area contributed by atoms with Crippen LogP contribution in [0.4, 0.5) is 0 Å². The van der Waals surface area contributed by atoms with Crippen LogP contribution in [0.1, 0.15) is 11.4 Å². The molecule has 0 aliphatic carbocycles. The molecule has 3 heterocycles. The molecule has 0 aliphatic heterocycles. The smallest absolute Gasteiger partial charge is 0.268 e. The zero-order valence-corrected chi connectivity index (χ0v) is 17.7. The fourth-order valence-corrected chi connectivity index (χ4v) is 4.81. The van der Waals surface area contributed by atoms with Crippen molar-refractivity contribution in [1.29, 1.82) is 0 Å². The van der Waals surface area contributed by atoms with Crippen molar-refractivity contribution in [2.75, 3.05) is 0 Å². The zero-order valence-electron chi connectivity index (χ0n) is 16.1. The van der Waals surface area contributed by atoms with Crippen molar-refractivity contribution in [2.24, 2.45) is 0 Å². The van der Waals surface area contributed by atoms with Gasteiger partial charge >= 0.3 is 0 Å². The number of aromatic amines is 1. The van der Waals surface area contributed by atoms with Gasteiger partial charge in [0.15, 0.2) is 11.0 Å². The van der Waals surface area contributed by atoms with Gasteiger partial charge in [0.25, 0.3) is 5.56 Å². The van der Waals surface area contributed by atoms with Crippen molar-refractivity contribution in [1.82, 2.24) is 24.7 Å². The van der Waals surface area contributed by atoms with Gasteiger partial charge in [0.05, 0.1) is 11.3 Å². The third-order valence-electron chi connectivity index (χ3n) is 4.63. The lowest BCUT2D eigenvalue weighted by Crippen LogP contribution is -2.09. The van der Waals surface area contributed by atoms with Crippen molar-refractivity contribution in [3.05, 3.63) is 87.8 Å². The summed E-state index contributed by atoms with van der Waals surface area (Å²) in [6.07, 6.45) is 0. The standard InChI is InChI=1S/C22H17N5OS2/c1-14-6-5-7-15(12-14)20-25-26-22(27(20)16-8-3-2-4-9-16)30-13-18-23-17-10-11-29-19(17)21(28)24-18/h2-12H,13H2,1H3,(H,23,24,28). The molecule has 0 atom stereocenters. The van der Waals surface area contributed by atoms with E-state index in [2.05, 4.69) is 39.2 Å². The Hall–Kier alpha value is -3.23. The third kappa shape index (κ3) is 3.55. The minimum absolute atomic E-state index is 0.101. The van der Waals surface area contributed by atoms with Crippen LogP contribution in [0.5, 0.6) is 0 Å². The lowest BCUT2D eigenvalue weighted by atomic mass is 10.1. The number of rotatable bonds is 5. The highest BCUT2D eigenvalue weighted by Crippen LogP contribution is 2.29. The number of benzene rings is 2. The maximum absolute atomic E-state index is 12.3. The molecule has 3 aromatic heterocycles. The van der Waals surface area contributed by atoms with E-state index in [1.54, 1.807) is 0 Å². The molecule has 8 heteroatoms. The van der Waals surface area contributed by atoms with E-state index in [1.165, 1.54) is 23.1 Å². The number of thioether (sulfide) groups is 1. The van der Waals surface area contributed by atoms with E-state index in [1.807, 2.05) is 58.5 Å². The molecule has 148 valence electrons. The molecule has 5 rings (SSSR count). The molecule has 1 N–H and O–H groups in total. The van der Waals surface area contributed by atoms with Gasteiger partial charge < -0.3 is 4.98 Å². The maximum atomic E-state index is 12.3. The predicted octanol–water partition coefficient (Wildman–Crippen LogP) is 4.83. The Labute approximate surface area is 180 Å². The van der Waals surface area contributed by atoms with Crippen molar-refractivity contribution >= 4 is 33.3 Å². The highest BCUT2D eigenvalue weighted by Gasteiger charge is 2.17. The maximum Gasteiger partial charge on any atom is 0.268 e. The van der Waals surface area contributed by atoms with E-state index < -0.39 is 0 Å². The molecule has 6 nitrogen and oxygen atoms in total. The van der Waals surface area contributed by atoms with Crippen LogP contribution in [-0.4, -0.2) is 24.7 Å². The van der Waals surface area contributed by atoms with Gasteiger partial charge in [0.2, 0.25) is 0 Å². The number of H-pyrrole nitrogens is 1. The largest absolute Gasteiger partial charge is 0.309 e. The quantitative estimate of drug-likeness (QED) is 0.403. The second kappa shape index (κ2) is 7.89. The lowest BCUT2D eigenvalue weighted by molar-refractivity contribution is 0.883. The van der Waals surface area contributed by atoms with E-state index >= 15 is 0 Å². The second-order valence-electron chi connectivity index (χ2n) is 6.78. The van der Waals surface area contributed by atoms with E-state index in [0.717, 1.165) is 33.3 Å². The molecule has 0 fully saturated rings. The number of thiophene rings is 1. The summed E-state index contributed by atoms with van der Waals surface area (Å²) in [6.45, 7) is 2.06.